The summed E-state index contributed by atoms with van der Waals surface area (Å²) in [6.45, 7) is 2.81. The van der Waals surface area contributed by atoms with Crippen LogP contribution in [0.1, 0.15) is 13.8 Å². The van der Waals surface area contributed by atoms with Crippen molar-refractivity contribution in [2.24, 2.45) is 11.2 Å². The van der Waals surface area contributed by atoms with Gasteiger partial charge in [0.25, 0.3) is 0 Å². The minimum Gasteiger partial charge on any atom is -0.394 e. The molecule has 0 radical (unpaired) electrons. The quantitative estimate of drug-likeness (QED) is 0.149. The van der Waals surface area contributed by atoms with Crippen molar-refractivity contribution in [3.63, 3.8) is 0 Å². The van der Waals surface area contributed by atoms with Crippen molar-refractivity contribution in [1.82, 2.24) is 10.3 Å². The Kier molecular flexibility index (Phi) is 8.41. The monoisotopic (exact) mass is 385 g/mol. The average molecular weight is 386 g/mol. The number of alkyl halides is 1. The van der Waals surface area contributed by atoms with Gasteiger partial charge in [0, 0.05) is 5.88 Å². The number of aliphatic hydroxyl groups is 4. The number of nitroso groups, excluding NO2 is 1. The molecule has 11 nitrogen and oxygen atoms in total. The van der Waals surface area contributed by atoms with E-state index >= 15 is 0 Å². The van der Waals surface area contributed by atoms with Crippen LogP contribution in [-0.2, 0) is 9.47 Å². The fourth-order valence-corrected chi connectivity index (χ4v) is 2.33. The highest BCUT2D eigenvalue weighted by Crippen LogP contribution is 2.29. The molecule has 1 fully saturated rings. The molecule has 0 saturated carbocycles. The van der Waals surface area contributed by atoms with Crippen molar-refractivity contribution in [1.29, 1.82) is 0 Å². The average Bonchev–Trinajstić information content (AvgIpc) is 2.56. The molecule has 1 saturated heterocycles. The van der Waals surface area contributed by atoms with E-state index in [2.05, 4.69) is 5.29 Å². The molecule has 12 heteroatoms. The molecule has 0 aliphatic carbocycles. The lowest BCUT2D eigenvalue weighted by Crippen LogP contribution is -2.74. The van der Waals surface area contributed by atoms with E-state index in [0.29, 0.717) is 5.01 Å². The molecule has 5 N–H and O–H groups in total. The molecule has 146 valence electrons. The molecule has 5 atom stereocenters. The van der Waals surface area contributed by atoms with Crippen molar-refractivity contribution in [3.8, 4) is 0 Å². The van der Waals surface area contributed by atoms with E-state index in [4.69, 9.17) is 21.1 Å². The van der Waals surface area contributed by atoms with Crippen LogP contribution in [0.5, 0.6) is 0 Å². The molecule has 0 aromatic heterocycles. The van der Waals surface area contributed by atoms with Gasteiger partial charge in [0.2, 0.25) is 12.0 Å². The van der Waals surface area contributed by atoms with E-state index in [1.54, 1.807) is 0 Å². The van der Waals surface area contributed by atoms with Crippen molar-refractivity contribution in [3.05, 3.63) is 4.91 Å². The summed E-state index contributed by atoms with van der Waals surface area (Å²) >= 11 is 5.45. The smallest absolute Gasteiger partial charge is 0.342 e. The molecular formula is C13H24ClN3O8. The third-order valence-electron chi connectivity index (χ3n) is 3.51. The molecule has 1 rings (SSSR count). The Hall–Kier alpha value is -1.08. The third kappa shape index (κ3) is 5.20. The Labute approximate surface area is 149 Å². The van der Waals surface area contributed by atoms with Gasteiger partial charge in [-0.15, -0.1) is 16.5 Å². The zero-order valence-corrected chi connectivity index (χ0v) is 14.7. The van der Waals surface area contributed by atoms with E-state index in [9.17, 15) is 30.1 Å². The van der Waals surface area contributed by atoms with E-state index in [1.807, 2.05) is 19.2 Å². The number of hydrogen-bond acceptors (Lipinski definition) is 9. The van der Waals surface area contributed by atoms with Crippen LogP contribution in [0.15, 0.2) is 5.29 Å². The number of urea groups is 1. The van der Waals surface area contributed by atoms with Crippen LogP contribution in [0.3, 0.4) is 0 Å². The van der Waals surface area contributed by atoms with Crippen LogP contribution >= 0.6 is 11.6 Å². The largest absolute Gasteiger partial charge is 0.394 e. The Morgan fingerprint density at radius 3 is 2.60 bits per heavy atom. The number of hydrogen-bond donors (Lipinski definition) is 5. The van der Waals surface area contributed by atoms with Gasteiger partial charge >= 0.3 is 6.03 Å². The summed E-state index contributed by atoms with van der Waals surface area (Å²) in [5.74, 6) is -0.0800. The summed E-state index contributed by atoms with van der Waals surface area (Å²) in [4.78, 5) is 22.8. The summed E-state index contributed by atoms with van der Waals surface area (Å²) in [6.07, 6.45) is -6.55. The van der Waals surface area contributed by atoms with Gasteiger partial charge in [-0.2, -0.15) is 5.01 Å². The normalized spacial score (nSPS) is 32.5. The SMILES string of the molecule is CC(C)CO[C@H]1O[C@H](CO)[C@@H](O)[C@H](O)[C@@]1(O)NC(=O)N(CCCl)N=O. The Morgan fingerprint density at radius 2 is 2.12 bits per heavy atom. The molecule has 0 spiro atoms. The number of carbonyl (C=O) groups excluding carboxylic acids is 1. The first-order chi connectivity index (χ1) is 11.7. The number of halogens is 1. The Morgan fingerprint density at radius 1 is 1.48 bits per heavy atom. The fraction of sp³-hybridized carbons (Fsp3) is 0.923. The minimum absolute atomic E-state index is 0.0181. The fourth-order valence-electron chi connectivity index (χ4n) is 2.17. The molecule has 1 aliphatic rings. The lowest BCUT2D eigenvalue weighted by Gasteiger charge is -2.47. The second-order valence-corrected chi connectivity index (χ2v) is 6.38. The Balaban J connectivity index is 3.03. The maximum Gasteiger partial charge on any atom is 0.342 e. The topological polar surface area (TPSA) is 161 Å². The summed E-state index contributed by atoms with van der Waals surface area (Å²) in [5.41, 5.74) is -2.59. The van der Waals surface area contributed by atoms with Gasteiger partial charge in [0.05, 0.1) is 25.0 Å². The van der Waals surface area contributed by atoms with Gasteiger partial charge in [-0.05, 0) is 5.92 Å². The van der Waals surface area contributed by atoms with E-state index in [-0.39, 0.29) is 24.9 Å². The number of nitrogens with zero attached hydrogens (tertiary/aromatic N) is 2. The Bertz CT molecular complexity index is 457. The van der Waals surface area contributed by atoms with Gasteiger partial charge in [0.15, 0.2) is 0 Å². The highest BCUT2D eigenvalue weighted by molar-refractivity contribution is 6.18. The number of aliphatic hydroxyl groups excluding tert-OH is 3. The summed E-state index contributed by atoms with van der Waals surface area (Å²) in [5, 5.41) is 44.9. The maximum atomic E-state index is 12.1. The van der Waals surface area contributed by atoms with Crippen molar-refractivity contribution in [2.75, 3.05) is 25.6 Å². The van der Waals surface area contributed by atoms with Gasteiger partial charge in [0.1, 0.15) is 18.3 Å². The molecule has 0 unspecified atom stereocenters. The first-order valence-corrected chi connectivity index (χ1v) is 8.20. The molecule has 1 aliphatic heterocycles. The van der Waals surface area contributed by atoms with Gasteiger partial charge in [-0.25, -0.2) is 4.79 Å². The number of amides is 2. The lowest BCUT2D eigenvalue weighted by atomic mass is 9.93. The second kappa shape index (κ2) is 9.57. The first-order valence-electron chi connectivity index (χ1n) is 7.66. The zero-order chi connectivity index (χ0) is 19.2. The number of carbonyl (C=O) groups is 1. The zero-order valence-electron chi connectivity index (χ0n) is 13.9. The van der Waals surface area contributed by atoms with E-state index in [1.165, 1.54) is 0 Å². The maximum absolute atomic E-state index is 12.1. The van der Waals surface area contributed by atoms with Crippen LogP contribution in [0, 0.1) is 10.8 Å². The molecule has 0 aromatic carbocycles. The minimum atomic E-state index is -2.59. The molecule has 25 heavy (non-hydrogen) atoms. The predicted molar refractivity (Wildman–Crippen MR) is 85.3 cm³/mol. The van der Waals surface area contributed by atoms with Crippen LogP contribution < -0.4 is 5.32 Å². The highest BCUT2D eigenvalue weighted by atomic mass is 35.5. The van der Waals surface area contributed by atoms with Crippen LogP contribution in [-0.4, -0.2) is 87.4 Å². The third-order valence-corrected chi connectivity index (χ3v) is 3.68. The second-order valence-electron chi connectivity index (χ2n) is 6.00. The standard InChI is InChI=1S/C13H24ClN3O8/c1-7(2)6-24-11-13(22,10(20)9(19)8(5-18)25-11)15-12(21)17(16-23)4-3-14/h7-11,18-20,22H,3-6H2,1-2H3,(H,15,21)/t8-,9-,10+,11+,13+/m1/s1. The lowest BCUT2D eigenvalue weighted by molar-refractivity contribution is -0.348. The van der Waals surface area contributed by atoms with E-state index < -0.39 is 43.0 Å². The van der Waals surface area contributed by atoms with Gasteiger partial charge in [-0.1, -0.05) is 13.8 Å². The number of nitrogens with one attached hydrogen (secondary N) is 1. The molecule has 1 heterocycles. The first kappa shape index (κ1) is 22.0. The van der Waals surface area contributed by atoms with Crippen molar-refractivity contribution in [2.45, 2.75) is 44.2 Å². The molecule has 0 bridgehead atoms. The van der Waals surface area contributed by atoms with Crippen LogP contribution in [0.4, 0.5) is 4.79 Å². The number of rotatable bonds is 8. The van der Waals surface area contributed by atoms with Gasteiger partial charge < -0.3 is 35.2 Å². The summed E-state index contributed by atoms with van der Waals surface area (Å²) < 4.78 is 10.6. The molecule has 2 amide bonds. The predicted octanol–water partition coefficient (Wildman–Crippen LogP) is -1.28. The van der Waals surface area contributed by atoms with Crippen molar-refractivity contribution >= 4 is 17.6 Å². The summed E-state index contributed by atoms with van der Waals surface area (Å²) in [7, 11) is 0. The summed E-state index contributed by atoms with van der Waals surface area (Å²) in [6, 6.07) is -1.17. The highest BCUT2D eigenvalue weighted by Gasteiger charge is 2.57. The van der Waals surface area contributed by atoms with Gasteiger partial charge in [-0.3, -0.25) is 0 Å². The van der Waals surface area contributed by atoms with E-state index in [0.717, 1.165) is 0 Å². The number of ether oxygens (including phenoxy) is 2. The molecule has 0 aromatic rings. The van der Waals surface area contributed by atoms with Crippen LogP contribution in [0.2, 0.25) is 0 Å². The van der Waals surface area contributed by atoms with Crippen molar-refractivity contribution < 1.29 is 34.7 Å². The van der Waals surface area contributed by atoms with Crippen LogP contribution in [0.25, 0.3) is 0 Å². The molecular weight excluding hydrogens is 362 g/mol.